The molecule has 1 aliphatic heterocycles. The van der Waals surface area contributed by atoms with Crippen LogP contribution in [0.4, 0.5) is 0 Å². The highest BCUT2D eigenvalue weighted by Crippen LogP contribution is 2.32. The Bertz CT molecular complexity index is 1410. The molecular formula is C35H44N2O10S. The first-order chi connectivity index (χ1) is 23.2. The Labute approximate surface area is 285 Å². The Morgan fingerprint density at radius 3 is 1.81 bits per heavy atom. The van der Waals surface area contributed by atoms with Crippen LogP contribution in [0.2, 0.25) is 0 Å². The molecular weight excluding hydrogens is 640 g/mol. The fourth-order valence-electron chi connectivity index (χ4n) is 6.08. The summed E-state index contributed by atoms with van der Waals surface area (Å²) in [4.78, 5) is 0. The number of ether oxygens (including phenoxy) is 5. The molecule has 0 unspecified atom stereocenters. The molecule has 0 bridgehead atoms. The van der Waals surface area contributed by atoms with Crippen molar-refractivity contribution in [1.82, 2.24) is 10.6 Å². The molecule has 1 heterocycles. The highest BCUT2D eigenvalue weighted by atomic mass is 32.1. The molecule has 0 radical (unpaired) electrons. The van der Waals surface area contributed by atoms with E-state index in [1.165, 1.54) is 7.11 Å². The van der Waals surface area contributed by atoms with E-state index in [9.17, 15) is 25.5 Å². The summed E-state index contributed by atoms with van der Waals surface area (Å²) in [6, 6.07) is 26.8. The van der Waals surface area contributed by atoms with E-state index in [1.54, 1.807) is 0 Å². The van der Waals surface area contributed by atoms with Crippen LogP contribution in [-0.2, 0) is 43.5 Å². The molecule has 2 fully saturated rings. The summed E-state index contributed by atoms with van der Waals surface area (Å²) in [6.07, 6.45) is -8.28. The first-order valence-electron chi connectivity index (χ1n) is 15.8. The van der Waals surface area contributed by atoms with Crippen LogP contribution in [0.15, 0.2) is 91.0 Å². The van der Waals surface area contributed by atoms with Crippen LogP contribution >= 0.6 is 12.2 Å². The number of hydrogen-bond donors (Lipinski definition) is 7. The van der Waals surface area contributed by atoms with Gasteiger partial charge in [0.25, 0.3) is 0 Å². The normalized spacial score (nSPS) is 31.8. The smallest absolute Gasteiger partial charge is 0.186 e. The van der Waals surface area contributed by atoms with Gasteiger partial charge in [0.2, 0.25) is 0 Å². The van der Waals surface area contributed by atoms with E-state index in [0.717, 1.165) is 16.7 Å². The summed E-state index contributed by atoms with van der Waals surface area (Å²) < 4.78 is 31.4. The van der Waals surface area contributed by atoms with Crippen molar-refractivity contribution < 1.29 is 49.2 Å². The minimum absolute atomic E-state index is 0.0696. The Morgan fingerprint density at radius 2 is 1.29 bits per heavy atom. The zero-order chi connectivity index (χ0) is 34.1. The quantitative estimate of drug-likeness (QED) is 0.119. The van der Waals surface area contributed by atoms with Gasteiger partial charge in [-0.2, -0.15) is 0 Å². The molecule has 48 heavy (non-hydrogen) atoms. The molecule has 12 nitrogen and oxygen atoms in total. The van der Waals surface area contributed by atoms with Gasteiger partial charge in [-0.3, -0.25) is 0 Å². The molecule has 7 N–H and O–H groups in total. The second kappa shape index (κ2) is 17.1. The summed E-state index contributed by atoms with van der Waals surface area (Å²) >= 11 is 5.65. The number of nitrogens with one attached hydrogen (secondary N) is 2. The fraction of sp³-hybridized carbons (Fsp3) is 0.457. The molecule has 260 valence electrons. The third-order valence-electron chi connectivity index (χ3n) is 8.76. The SMILES string of the molecule is CO[C@H]1O[C@H](COCc2ccccc2)[C@H](NC(=S)N[C@@H]2[C@H](O)[C@@H](O)[C@H](O)[C@]2(O)CO)[C@H](OCc2ccccc2)[C@H]1OCc1ccccc1. The molecule has 1 saturated heterocycles. The lowest BCUT2D eigenvalue weighted by molar-refractivity contribution is -0.293. The van der Waals surface area contributed by atoms with Crippen molar-refractivity contribution in [3.8, 4) is 0 Å². The van der Waals surface area contributed by atoms with Gasteiger partial charge in [0, 0.05) is 7.11 Å². The van der Waals surface area contributed by atoms with Crippen LogP contribution in [-0.4, -0.2) is 112 Å². The van der Waals surface area contributed by atoms with Gasteiger partial charge in [-0.05, 0) is 28.9 Å². The largest absolute Gasteiger partial charge is 0.393 e. The van der Waals surface area contributed by atoms with Crippen LogP contribution in [0, 0.1) is 0 Å². The average molecular weight is 685 g/mol. The van der Waals surface area contributed by atoms with Gasteiger partial charge < -0.3 is 59.9 Å². The van der Waals surface area contributed by atoms with Crippen molar-refractivity contribution in [2.75, 3.05) is 20.3 Å². The molecule has 5 rings (SSSR count). The fourth-order valence-corrected chi connectivity index (χ4v) is 6.34. The maximum Gasteiger partial charge on any atom is 0.186 e. The van der Waals surface area contributed by atoms with Crippen LogP contribution in [0.5, 0.6) is 0 Å². The summed E-state index contributed by atoms with van der Waals surface area (Å²) in [5.74, 6) is 0. The number of methoxy groups -OCH3 is 1. The average Bonchev–Trinajstić information content (AvgIpc) is 3.27. The summed E-state index contributed by atoms with van der Waals surface area (Å²) in [5, 5.41) is 58.1. The van der Waals surface area contributed by atoms with Crippen LogP contribution in [0.1, 0.15) is 16.7 Å². The lowest BCUT2D eigenvalue weighted by atomic mass is 9.95. The Balaban J connectivity index is 1.42. The number of thiocarbonyl (C=S) groups is 1. The molecule has 13 heteroatoms. The number of benzene rings is 3. The van der Waals surface area contributed by atoms with Crippen molar-refractivity contribution in [3.05, 3.63) is 108 Å². The summed E-state index contributed by atoms with van der Waals surface area (Å²) in [6.45, 7) is -0.0928. The number of aliphatic hydroxyl groups excluding tert-OH is 4. The van der Waals surface area contributed by atoms with Gasteiger partial charge in [-0.1, -0.05) is 91.0 Å². The zero-order valence-electron chi connectivity index (χ0n) is 26.6. The highest BCUT2D eigenvalue weighted by Gasteiger charge is 2.59. The first-order valence-corrected chi connectivity index (χ1v) is 16.2. The van der Waals surface area contributed by atoms with Crippen molar-refractivity contribution in [2.24, 2.45) is 0 Å². The Morgan fingerprint density at radius 1 is 0.771 bits per heavy atom. The van der Waals surface area contributed by atoms with E-state index >= 15 is 0 Å². The molecule has 1 saturated carbocycles. The molecule has 1 aliphatic carbocycles. The third-order valence-corrected chi connectivity index (χ3v) is 8.99. The van der Waals surface area contributed by atoms with Crippen LogP contribution < -0.4 is 10.6 Å². The standard InChI is InChI=1S/C35H44N2O10S/c1-43-33-30(46-19-24-15-9-4-10-16-24)29(45-18-23-13-7-3-8-14-23)26(25(47-33)20-44-17-22-11-5-2-6-12-22)36-34(48)37-31-27(39)28(40)32(41)35(31,42)21-38/h2-16,25-33,38-42H,17-21H2,1H3,(H2,36,37,48)/t25-,26+,27-,28-,29+,30-,31-,32+,33+,35+/m1/s1. The van der Waals surface area contributed by atoms with E-state index in [2.05, 4.69) is 10.6 Å². The molecule has 3 aromatic rings. The minimum Gasteiger partial charge on any atom is -0.393 e. The lowest BCUT2D eigenvalue weighted by Gasteiger charge is -2.46. The zero-order valence-corrected chi connectivity index (χ0v) is 27.4. The van der Waals surface area contributed by atoms with Gasteiger partial charge in [0.05, 0.1) is 45.1 Å². The van der Waals surface area contributed by atoms with E-state index in [4.69, 9.17) is 35.9 Å². The predicted octanol–water partition coefficient (Wildman–Crippen LogP) is 0.766. The molecule has 10 atom stereocenters. The van der Waals surface area contributed by atoms with E-state index in [0.29, 0.717) is 6.61 Å². The van der Waals surface area contributed by atoms with E-state index in [-0.39, 0.29) is 24.9 Å². The van der Waals surface area contributed by atoms with Gasteiger partial charge in [0.1, 0.15) is 42.2 Å². The minimum atomic E-state index is -2.28. The van der Waals surface area contributed by atoms with E-state index < -0.39 is 67.2 Å². The number of aliphatic hydroxyl groups is 5. The van der Waals surface area contributed by atoms with Crippen molar-refractivity contribution in [1.29, 1.82) is 0 Å². The van der Waals surface area contributed by atoms with Gasteiger partial charge >= 0.3 is 0 Å². The second-order valence-corrected chi connectivity index (χ2v) is 12.4. The number of hydrogen-bond acceptors (Lipinski definition) is 11. The topological polar surface area (TPSA) is 171 Å². The Kier molecular flexibility index (Phi) is 12.9. The maximum atomic E-state index is 11.0. The highest BCUT2D eigenvalue weighted by molar-refractivity contribution is 7.80. The molecule has 2 aliphatic rings. The summed E-state index contributed by atoms with van der Waals surface area (Å²) in [5.41, 5.74) is 0.535. The second-order valence-electron chi connectivity index (χ2n) is 12.0. The summed E-state index contributed by atoms with van der Waals surface area (Å²) in [7, 11) is 1.52. The molecule has 3 aromatic carbocycles. The maximum absolute atomic E-state index is 11.0. The van der Waals surface area contributed by atoms with Crippen molar-refractivity contribution >= 4 is 17.3 Å². The van der Waals surface area contributed by atoms with Crippen molar-refractivity contribution in [2.45, 2.75) is 80.4 Å². The monoisotopic (exact) mass is 684 g/mol. The molecule has 0 amide bonds. The van der Waals surface area contributed by atoms with Crippen LogP contribution in [0.25, 0.3) is 0 Å². The van der Waals surface area contributed by atoms with Crippen molar-refractivity contribution in [3.63, 3.8) is 0 Å². The number of rotatable bonds is 14. The van der Waals surface area contributed by atoms with E-state index in [1.807, 2.05) is 91.0 Å². The third kappa shape index (κ3) is 8.56. The molecule has 0 aromatic heterocycles. The van der Waals surface area contributed by atoms with Gasteiger partial charge in [-0.15, -0.1) is 0 Å². The van der Waals surface area contributed by atoms with Gasteiger partial charge in [0.15, 0.2) is 11.4 Å². The Hall–Kier alpha value is -3.05. The predicted molar refractivity (Wildman–Crippen MR) is 178 cm³/mol. The van der Waals surface area contributed by atoms with Gasteiger partial charge in [-0.25, -0.2) is 0 Å². The van der Waals surface area contributed by atoms with Crippen LogP contribution in [0.3, 0.4) is 0 Å². The first kappa shape index (κ1) is 36.2. The lowest BCUT2D eigenvalue weighted by Crippen LogP contribution is -2.68. The molecule has 0 spiro atoms.